The molecule has 0 spiro atoms. The van der Waals surface area contributed by atoms with Gasteiger partial charge in [0.1, 0.15) is 0 Å². The molecule has 70 valence electrons. The molecule has 0 aliphatic heterocycles. The van der Waals surface area contributed by atoms with Gasteiger partial charge in [0.05, 0.1) is 0 Å². The van der Waals surface area contributed by atoms with E-state index in [0.29, 0.717) is 5.56 Å². The van der Waals surface area contributed by atoms with Crippen molar-refractivity contribution in [2.24, 2.45) is 0 Å². The number of halogens is 4. The minimum absolute atomic E-state index is 0. The van der Waals surface area contributed by atoms with Crippen LogP contribution in [-0.4, -0.2) is 0 Å². The Morgan fingerprint density at radius 2 is 1.69 bits per heavy atom. The zero-order valence-corrected chi connectivity index (χ0v) is 10.5. The molecule has 1 aromatic carbocycles. The van der Waals surface area contributed by atoms with Crippen LogP contribution in [-0.2, 0) is 25.7 Å². The molecule has 0 saturated carbocycles. The fraction of sp³-hybridized carbons (Fsp3) is 0.125. The second-order valence-electron chi connectivity index (χ2n) is 2.20. The van der Waals surface area contributed by atoms with Crippen LogP contribution < -0.4 is 0 Å². The van der Waals surface area contributed by atoms with Gasteiger partial charge in [-0.25, -0.2) is 0 Å². The summed E-state index contributed by atoms with van der Waals surface area (Å²) in [6.45, 7) is 3.39. The Bertz CT molecular complexity index is 260. The van der Waals surface area contributed by atoms with Gasteiger partial charge >= 0.3 is 6.18 Å². The van der Waals surface area contributed by atoms with E-state index in [1.54, 1.807) is 0 Å². The summed E-state index contributed by atoms with van der Waals surface area (Å²) >= 11 is 0. The van der Waals surface area contributed by atoms with Crippen LogP contribution in [0.3, 0.4) is 0 Å². The first-order valence-corrected chi connectivity index (χ1v) is 2.99. The normalized spacial score (nSPS) is 9.77. The molecule has 0 saturated heterocycles. The number of rotatable bonds is 0. The molecule has 0 heterocycles. The minimum atomic E-state index is -4.26. The fourth-order valence-electron chi connectivity index (χ4n) is 0.748. The van der Waals surface area contributed by atoms with E-state index in [2.05, 4.69) is 6.92 Å². The third kappa shape index (κ3) is 4.53. The molecule has 0 N–H and O–H groups in total. The molecule has 0 aliphatic rings. The van der Waals surface area contributed by atoms with Gasteiger partial charge in [-0.3, -0.25) is 0 Å². The molecule has 0 unspecified atom stereocenters. The molecule has 0 amide bonds. The van der Waals surface area contributed by atoms with Crippen molar-refractivity contribution in [3.63, 3.8) is 0 Å². The number of benzene rings is 1. The van der Waals surface area contributed by atoms with Crippen LogP contribution in [0.2, 0.25) is 0 Å². The largest absolute Gasteiger partial charge is 0.405 e. The van der Waals surface area contributed by atoms with E-state index in [0.717, 1.165) is 12.1 Å². The monoisotopic (exact) mass is 259 g/mol. The van der Waals surface area contributed by atoms with Gasteiger partial charge in [0.2, 0.25) is 0 Å². The van der Waals surface area contributed by atoms with Crippen molar-refractivity contribution in [2.45, 2.75) is 6.18 Å². The zero-order chi connectivity index (χ0) is 8.48. The first kappa shape index (κ1) is 15.3. The summed E-state index contributed by atoms with van der Waals surface area (Å²) < 4.78 is 35.8. The van der Waals surface area contributed by atoms with Crippen LogP contribution in [0.1, 0.15) is 11.1 Å². The first-order chi connectivity index (χ1) is 5.00. The van der Waals surface area contributed by atoms with Gasteiger partial charge in [-0.2, -0.15) is 37.8 Å². The van der Waals surface area contributed by atoms with Crippen molar-refractivity contribution < 1.29 is 32.6 Å². The van der Waals surface area contributed by atoms with E-state index in [-0.39, 0.29) is 31.9 Å². The van der Waals surface area contributed by atoms with Crippen molar-refractivity contribution in [1.29, 1.82) is 0 Å². The maximum atomic E-state index is 11.9. The number of hydrogen-bond acceptors (Lipinski definition) is 0. The van der Waals surface area contributed by atoms with Crippen molar-refractivity contribution in [3.8, 4) is 0 Å². The Kier molecular flexibility index (Phi) is 6.47. The average Bonchev–Trinajstić information content (AvgIpc) is 1.86. The van der Waals surface area contributed by atoms with Crippen LogP contribution in [0.25, 0.3) is 0 Å². The standard InChI is InChI=1S/C8H6F3.ClH.Zn/c1-6-3-2-4-7(5-6)8(9,10)11;;/h2-5H,1H2;1H;/q-1;;. The Morgan fingerprint density at radius 1 is 1.15 bits per heavy atom. The van der Waals surface area contributed by atoms with E-state index in [1.165, 1.54) is 12.1 Å². The predicted octanol–water partition coefficient (Wildman–Crippen LogP) is 3.31. The number of alkyl halides is 3. The SMILES string of the molecule is Cl.[CH2-]c1cccc(C(F)(F)F)c1.[Zn]. The van der Waals surface area contributed by atoms with Crippen molar-refractivity contribution in [2.75, 3.05) is 0 Å². The maximum Gasteiger partial charge on any atom is 0.405 e. The van der Waals surface area contributed by atoms with Crippen molar-refractivity contribution in [3.05, 3.63) is 42.3 Å². The third-order valence-corrected chi connectivity index (χ3v) is 1.25. The molecule has 13 heavy (non-hydrogen) atoms. The summed E-state index contributed by atoms with van der Waals surface area (Å²) in [5.41, 5.74) is -0.273. The fourth-order valence-corrected chi connectivity index (χ4v) is 0.748. The molecule has 0 aliphatic carbocycles. The van der Waals surface area contributed by atoms with Gasteiger partial charge in [-0.15, -0.1) is 18.5 Å². The van der Waals surface area contributed by atoms with Gasteiger partial charge in [0.25, 0.3) is 0 Å². The first-order valence-electron chi connectivity index (χ1n) is 2.99. The zero-order valence-electron chi connectivity index (χ0n) is 6.77. The Morgan fingerprint density at radius 3 is 2.00 bits per heavy atom. The van der Waals surface area contributed by atoms with Crippen molar-refractivity contribution >= 4 is 12.4 Å². The van der Waals surface area contributed by atoms with Gasteiger partial charge in [0.15, 0.2) is 0 Å². The van der Waals surface area contributed by atoms with Gasteiger partial charge in [-0.1, -0.05) is 6.07 Å². The molecule has 0 radical (unpaired) electrons. The summed E-state index contributed by atoms with van der Waals surface area (Å²) in [5, 5.41) is 0. The van der Waals surface area contributed by atoms with Crippen LogP contribution >= 0.6 is 12.4 Å². The molecule has 1 aromatic rings. The molecule has 0 bridgehead atoms. The van der Waals surface area contributed by atoms with E-state index < -0.39 is 11.7 Å². The van der Waals surface area contributed by atoms with E-state index in [9.17, 15) is 13.2 Å². The summed E-state index contributed by atoms with van der Waals surface area (Å²) in [7, 11) is 0. The average molecular weight is 261 g/mol. The molecule has 0 fully saturated rings. The van der Waals surface area contributed by atoms with E-state index in [1.807, 2.05) is 0 Å². The molecule has 0 aromatic heterocycles. The van der Waals surface area contributed by atoms with Crippen LogP contribution in [0.15, 0.2) is 24.3 Å². The van der Waals surface area contributed by atoms with Crippen molar-refractivity contribution in [1.82, 2.24) is 0 Å². The predicted molar refractivity (Wildman–Crippen MR) is 43.2 cm³/mol. The van der Waals surface area contributed by atoms with Crippen LogP contribution in [0.4, 0.5) is 13.2 Å². The van der Waals surface area contributed by atoms with Crippen LogP contribution in [0, 0.1) is 6.92 Å². The smallest absolute Gasteiger partial charge is 0.199 e. The second kappa shape index (κ2) is 5.51. The van der Waals surface area contributed by atoms with Gasteiger partial charge < -0.3 is 0 Å². The molecule has 1 rings (SSSR count). The molecule has 5 heteroatoms. The Balaban J connectivity index is 0. The van der Waals surface area contributed by atoms with E-state index in [4.69, 9.17) is 0 Å². The molecule has 0 nitrogen and oxygen atoms in total. The number of hydrogen-bond donors (Lipinski definition) is 0. The molecular weight excluding hydrogens is 254 g/mol. The summed E-state index contributed by atoms with van der Waals surface area (Å²) in [4.78, 5) is 0. The minimum Gasteiger partial charge on any atom is -0.199 e. The second-order valence-corrected chi connectivity index (χ2v) is 2.20. The Hall–Kier alpha value is -0.207. The third-order valence-electron chi connectivity index (χ3n) is 1.25. The van der Waals surface area contributed by atoms with Crippen LogP contribution in [0.5, 0.6) is 0 Å². The molecule has 0 atom stereocenters. The quantitative estimate of drug-likeness (QED) is 0.496. The van der Waals surface area contributed by atoms with E-state index >= 15 is 0 Å². The Labute approximate surface area is 93.7 Å². The van der Waals surface area contributed by atoms with Gasteiger partial charge in [-0.05, 0) is 5.56 Å². The maximum absolute atomic E-state index is 11.9. The summed E-state index contributed by atoms with van der Waals surface area (Å²) in [5.74, 6) is 0. The topological polar surface area (TPSA) is 0 Å². The molecular formula is C8H7ClF3Zn-. The van der Waals surface area contributed by atoms with Gasteiger partial charge in [0, 0.05) is 19.5 Å². The summed E-state index contributed by atoms with van der Waals surface area (Å²) in [6.07, 6.45) is -4.26. The summed E-state index contributed by atoms with van der Waals surface area (Å²) in [6, 6.07) is 4.90.